The maximum atomic E-state index is 14.0. The summed E-state index contributed by atoms with van der Waals surface area (Å²) in [6.45, 7) is 6.39. The van der Waals surface area contributed by atoms with Crippen molar-refractivity contribution >= 4 is 0 Å². The fourth-order valence-electron chi connectivity index (χ4n) is 2.67. The van der Waals surface area contributed by atoms with E-state index < -0.39 is 0 Å². The Labute approximate surface area is 142 Å². The lowest BCUT2D eigenvalue weighted by atomic mass is 9.97. The average Bonchev–Trinajstić information content (AvgIpc) is 2.54. The Morgan fingerprint density at radius 3 is 2.29 bits per heavy atom. The molecule has 2 aromatic rings. The van der Waals surface area contributed by atoms with Gasteiger partial charge < -0.3 is 9.47 Å². The van der Waals surface area contributed by atoms with Crippen molar-refractivity contribution in [2.24, 2.45) is 0 Å². The van der Waals surface area contributed by atoms with Crippen molar-refractivity contribution in [2.45, 2.75) is 39.0 Å². The van der Waals surface area contributed by atoms with Crippen LogP contribution in [0.15, 0.2) is 36.4 Å². The summed E-state index contributed by atoms with van der Waals surface area (Å²) in [5, 5.41) is 0. The molecule has 0 saturated heterocycles. The molecule has 0 aliphatic heterocycles. The highest BCUT2D eigenvalue weighted by molar-refractivity contribution is 5.36. The minimum Gasteiger partial charge on any atom is -0.496 e. The van der Waals surface area contributed by atoms with Crippen molar-refractivity contribution < 1.29 is 18.3 Å². The molecule has 1 atom stereocenters. The number of methoxy groups -OCH3 is 1. The van der Waals surface area contributed by atoms with Crippen LogP contribution >= 0.6 is 0 Å². The second-order valence-corrected chi connectivity index (χ2v) is 6.26. The molecule has 0 saturated carbocycles. The van der Waals surface area contributed by atoms with Crippen LogP contribution in [-0.2, 0) is 0 Å². The standard InChI is InChI=1S/C20H24F2O2/c1-13(2)17-8-6-16(12-19(17)22)24-10-9-14(3)18-7-5-15(21)11-20(18)23-4/h5-8,11-14H,9-10H2,1-4H3. The normalized spacial score (nSPS) is 12.3. The van der Waals surface area contributed by atoms with E-state index in [1.807, 2.05) is 20.8 Å². The molecular formula is C20H24F2O2. The zero-order valence-corrected chi connectivity index (χ0v) is 14.6. The third kappa shape index (κ3) is 4.47. The Hall–Kier alpha value is -2.10. The molecule has 130 valence electrons. The van der Waals surface area contributed by atoms with Gasteiger partial charge >= 0.3 is 0 Å². The molecule has 0 spiro atoms. The molecule has 2 rings (SSSR count). The number of rotatable bonds is 7. The van der Waals surface area contributed by atoms with Crippen molar-refractivity contribution in [1.29, 1.82) is 0 Å². The van der Waals surface area contributed by atoms with Crippen LogP contribution in [0.2, 0.25) is 0 Å². The maximum absolute atomic E-state index is 14.0. The van der Waals surface area contributed by atoms with Crippen LogP contribution in [-0.4, -0.2) is 13.7 Å². The summed E-state index contributed by atoms with van der Waals surface area (Å²) in [4.78, 5) is 0. The average molecular weight is 334 g/mol. The molecular weight excluding hydrogens is 310 g/mol. The van der Waals surface area contributed by atoms with Crippen LogP contribution in [0.4, 0.5) is 8.78 Å². The highest BCUT2D eigenvalue weighted by Gasteiger charge is 2.13. The number of benzene rings is 2. The Kier molecular flexibility index (Phi) is 6.18. The molecule has 0 heterocycles. The van der Waals surface area contributed by atoms with Gasteiger partial charge in [-0.15, -0.1) is 0 Å². The van der Waals surface area contributed by atoms with Gasteiger partial charge in [0.15, 0.2) is 0 Å². The van der Waals surface area contributed by atoms with Crippen LogP contribution in [0.3, 0.4) is 0 Å². The predicted molar refractivity (Wildman–Crippen MR) is 92.0 cm³/mol. The first-order valence-electron chi connectivity index (χ1n) is 8.18. The van der Waals surface area contributed by atoms with Gasteiger partial charge in [-0.2, -0.15) is 0 Å². The zero-order chi connectivity index (χ0) is 17.7. The van der Waals surface area contributed by atoms with E-state index in [1.165, 1.54) is 25.3 Å². The van der Waals surface area contributed by atoms with Gasteiger partial charge in [0.25, 0.3) is 0 Å². The highest BCUT2D eigenvalue weighted by atomic mass is 19.1. The third-order valence-electron chi connectivity index (χ3n) is 4.14. The highest BCUT2D eigenvalue weighted by Crippen LogP contribution is 2.30. The SMILES string of the molecule is COc1cc(F)ccc1C(C)CCOc1ccc(C(C)C)c(F)c1. The van der Waals surface area contributed by atoms with Gasteiger partial charge in [0.05, 0.1) is 13.7 Å². The number of hydrogen-bond donors (Lipinski definition) is 0. The molecule has 4 heteroatoms. The van der Waals surface area contributed by atoms with Crippen LogP contribution in [0.25, 0.3) is 0 Å². The lowest BCUT2D eigenvalue weighted by Gasteiger charge is -2.16. The van der Waals surface area contributed by atoms with E-state index in [2.05, 4.69) is 0 Å². The van der Waals surface area contributed by atoms with E-state index in [0.717, 1.165) is 12.0 Å². The topological polar surface area (TPSA) is 18.5 Å². The Morgan fingerprint density at radius 2 is 1.67 bits per heavy atom. The molecule has 0 amide bonds. The third-order valence-corrected chi connectivity index (χ3v) is 4.14. The summed E-state index contributed by atoms with van der Waals surface area (Å²) in [5.74, 6) is 0.783. The molecule has 2 aromatic carbocycles. The van der Waals surface area contributed by atoms with E-state index in [9.17, 15) is 8.78 Å². The molecule has 2 nitrogen and oxygen atoms in total. The lowest BCUT2D eigenvalue weighted by Crippen LogP contribution is -2.05. The van der Waals surface area contributed by atoms with E-state index in [4.69, 9.17) is 9.47 Å². The van der Waals surface area contributed by atoms with E-state index in [1.54, 1.807) is 18.2 Å². The van der Waals surface area contributed by atoms with E-state index in [0.29, 0.717) is 23.7 Å². The van der Waals surface area contributed by atoms with Crippen molar-refractivity contribution in [3.05, 3.63) is 59.2 Å². The molecule has 0 aliphatic rings. The van der Waals surface area contributed by atoms with Gasteiger partial charge in [0, 0.05) is 12.1 Å². The number of hydrogen-bond acceptors (Lipinski definition) is 2. The second kappa shape index (κ2) is 8.13. The summed E-state index contributed by atoms with van der Waals surface area (Å²) >= 11 is 0. The Morgan fingerprint density at radius 1 is 0.958 bits per heavy atom. The minimum absolute atomic E-state index is 0.139. The van der Waals surface area contributed by atoms with Crippen LogP contribution in [0.1, 0.15) is 50.2 Å². The largest absolute Gasteiger partial charge is 0.496 e. The first kappa shape index (κ1) is 18.2. The predicted octanol–water partition coefficient (Wildman–Crippen LogP) is 5.67. The first-order valence-corrected chi connectivity index (χ1v) is 8.18. The van der Waals surface area contributed by atoms with Gasteiger partial charge in [-0.3, -0.25) is 0 Å². The Bertz CT molecular complexity index is 683. The fraction of sp³-hybridized carbons (Fsp3) is 0.400. The number of halogens is 2. The summed E-state index contributed by atoms with van der Waals surface area (Å²) in [7, 11) is 1.53. The summed E-state index contributed by atoms with van der Waals surface area (Å²) < 4.78 is 38.1. The van der Waals surface area contributed by atoms with Crippen LogP contribution in [0, 0.1) is 11.6 Å². The quantitative estimate of drug-likeness (QED) is 0.649. The molecule has 0 aromatic heterocycles. The van der Waals surface area contributed by atoms with Gasteiger partial charge in [0.2, 0.25) is 0 Å². The zero-order valence-electron chi connectivity index (χ0n) is 14.6. The van der Waals surface area contributed by atoms with Crippen molar-refractivity contribution in [1.82, 2.24) is 0 Å². The second-order valence-electron chi connectivity index (χ2n) is 6.26. The van der Waals surface area contributed by atoms with Crippen molar-refractivity contribution in [3.63, 3.8) is 0 Å². The first-order chi connectivity index (χ1) is 11.4. The van der Waals surface area contributed by atoms with Crippen LogP contribution < -0.4 is 9.47 Å². The van der Waals surface area contributed by atoms with Crippen molar-refractivity contribution in [2.75, 3.05) is 13.7 Å². The van der Waals surface area contributed by atoms with E-state index in [-0.39, 0.29) is 23.5 Å². The summed E-state index contributed by atoms with van der Waals surface area (Å²) in [6.07, 6.45) is 0.718. The number of ether oxygens (including phenoxy) is 2. The molecule has 0 aliphatic carbocycles. The van der Waals surface area contributed by atoms with Gasteiger partial charge in [-0.05, 0) is 41.5 Å². The smallest absolute Gasteiger partial charge is 0.130 e. The minimum atomic E-state index is -0.320. The van der Waals surface area contributed by atoms with Gasteiger partial charge in [-0.1, -0.05) is 32.9 Å². The summed E-state index contributed by atoms with van der Waals surface area (Å²) in [5.41, 5.74) is 1.62. The molecule has 0 bridgehead atoms. The monoisotopic (exact) mass is 334 g/mol. The summed E-state index contributed by atoms with van der Waals surface area (Å²) in [6, 6.07) is 9.53. The molecule has 0 radical (unpaired) electrons. The fourth-order valence-corrected chi connectivity index (χ4v) is 2.67. The molecule has 24 heavy (non-hydrogen) atoms. The van der Waals surface area contributed by atoms with Gasteiger partial charge in [0.1, 0.15) is 23.1 Å². The maximum Gasteiger partial charge on any atom is 0.130 e. The molecule has 0 N–H and O–H groups in total. The Balaban J connectivity index is 1.95. The van der Waals surface area contributed by atoms with Crippen molar-refractivity contribution in [3.8, 4) is 11.5 Å². The molecule has 0 fully saturated rings. The van der Waals surface area contributed by atoms with Gasteiger partial charge in [-0.25, -0.2) is 8.78 Å². The molecule has 1 unspecified atom stereocenters. The lowest BCUT2D eigenvalue weighted by molar-refractivity contribution is 0.297. The van der Waals surface area contributed by atoms with Crippen LogP contribution in [0.5, 0.6) is 11.5 Å². The van der Waals surface area contributed by atoms with E-state index >= 15 is 0 Å².